The third-order valence-corrected chi connectivity index (χ3v) is 3.92. The van der Waals surface area contributed by atoms with Gasteiger partial charge in [-0.25, -0.2) is 0 Å². The molecule has 0 spiro atoms. The maximum absolute atomic E-state index is 9.58. The van der Waals surface area contributed by atoms with Crippen LogP contribution < -0.4 is 5.32 Å². The molecule has 4 nitrogen and oxygen atoms in total. The average Bonchev–Trinajstić information content (AvgIpc) is 2.40. The molecule has 0 aromatic carbocycles. The largest absolute Gasteiger partial charge is 0.394 e. The first-order valence-corrected chi connectivity index (χ1v) is 7.15. The van der Waals surface area contributed by atoms with Crippen LogP contribution in [0.1, 0.15) is 39.0 Å². The van der Waals surface area contributed by atoms with E-state index >= 15 is 0 Å². The van der Waals surface area contributed by atoms with Crippen molar-refractivity contribution >= 4 is 0 Å². The topological polar surface area (TPSA) is 50.7 Å². The van der Waals surface area contributed by atoms with Gasteiger partial charge in [0.2, 0.25) is 0 Å². The minimum atomic E-state index is -0.0532. The van der Waals surface area contributed by atoms with Gasteiger partial charge in [-0.2, -0.15) is 0 Å². The smallest absolute Gasteiger partial charge is 0.0613 e. The molecule has 0 aliphatic heterocycles. The Morgan fingerprint density at radius 2 is 1.94 bits per heavy atom. The van der Waals surface area contributed by atoms with E-state index in [1.54, 1.807) is 7.11 Å². The second-order valence-corrected chi connectivity index (χ2v) is 5.51. The number of aliphatic hydroxyl groups excluding tert-OH is 1. The second kappa shape index (κ2) is 8.86. The number of aliphatic hydroxyl groups is 1. The molecular weight excluding hydrogens is 230 g/mol. The summed E-state index contributed by atoms with van der Waals surface area (Å²) in [4.78, 5) is 0. The van der Waals surface area contributed by atoms with Gasteiger partial charge in [-0.1, -0.05) is 6.92 Å². The molecule has 0 heterocycles. The third kappa shape index (κ3) is 5.65. The first-order valence-electron chi connectivity index (χ1n) is 7.15. The normalized spacial score (nSPS) is 28.5. The average molecular weight is 259 g/mol. The van der Waals surface area contributed by atoms with E-state index in [1.165, 1.54) is 12.8 Å². The highest BCUT2D eigenvalue weighted by atomic mass is 16.5. The Hall–Kier alpha value is -0.160. The summed E-state index contributed by atoms with van der Waals surface area (Å²) in [5, 5.41) is 13.1. The van der Waals surface area contributed by atoms with Crippen LogP contribution in [-0.4, -0.2) is 50.7 Å². The summed E-state index contributed by atoms with van der Waals surface area (Å²) in [6.07, 6.45) is 5.52. The summed E-state index contributed by atoms with van der Waals surface area (Å²) in [6.45, 7) is 5.57. The van der Waals surface area contributed by atoms with Crippen molar-refractivity contribution in [3.63, 3.8) is 0 Å². The Kier molecular flexibility index (Phi) is 7.82. The highest BCUT2D eigenvalue weighted by Crippen LogP contribution is 2.31. The van der Waals surface area contributed by atoms with Gasteiger partial charge in [0.15, 0.2) is 0 Å². The van der Waals surface area contributed by atoms with Gasteiger partial charge >= 0.3 is 0 Å². The molecule has 0 radical (unpaired) electrons. The molecule has 0 bridgehead atoms. The summed E-state index contributed by atoms with van der Waals surface area (Å²) in [6, 6.07) is 0. The fraction of sp³-hybridized carbons (Fsp3) is 1.00. The van der Waals surface area contributed by atoms with Gasteiger partial charge in [-0.05, 0) is 38.0 Å². The highest BCUT2D eigenvalue weighted by Gasteiger charge is 2.32. The van der Waals surface area contributed by atoms with E-state index in [-0.39, 0.29) is 12.1 Å². The molecule has 1 aliphatic rings. The SMILES string of the molecule is COCCCOCCNC1(CO)CCC(C)CC1. The molecule has 4 heteroatoms. The standard InChI is InChI=1S/C14H29NO3/c1-13-4-6-14(12-16,7-5-13)15-8-11-18-10-3-9-17-2/h13,15-16H,3-12H2,1-2H3. The van der Waals surface area contributed by atoms with Crippen LogP contribution >= 0.6 is 0 Å². The van der Waals surface area contributed by atoms with Crippen LogP contribution in [0, 0.1) is 5.92 Å². The first kappa shape index (κ1) is 15.9. The molecule has 0 atom stereocenters. The minimum Gasteiger partial charge on any atom is -0.394 e. The van der Waals surface area contributed by atoms with Gasteiger partial charge in [-0.15, -0.1) is 0 Å². The molecule has 0 aromatic heterocycles. The lowest BCUT2D eigenvalue weighted by molar-refractivity contribution is 0.0759. The molecule has 1 aliphatic carbocycles. The maximum Gasteiger partial charge on any atom is 0.0613 e. The number of hydrogen-bond donors (Lipinski definition) is 2. The zero-order valence-electron chi connectivity index (χ0n) is 11.9. The molecular formula is C14H29NO3. The van der Waals surface area contributed by atoms with Crippen molar-refractivity contribution in [2.75, 3.05) is 40.1 Å². The second-order valence-electron chi connectivity index (χ2n) is 5.51. The van der Waals surface area contributed by atoms with Gasteiger partial charge in [0.25, 0.3) is 0 Å². The van der Waals surface area contributed by atoms with Crippen molar-refractivity contribution in [2.45, 2.75) is 44.6 Å². The predicted molar refractivity (Wildman–Crippen MR) is 72.8 cm³/mol. The molecule has 1 rings (SSSR count). The lowest BCUT2D eigenvalue weighted by atomic mass is 9.77. The van der Waals surface area contributed by atoms with Crippen LogP contribution in [0.5, 0.6) is 0 Å². The summed E-state index contributed by atoms with van der Waals surface area (Å²) in [5.74, 6) is 0.803. The molecule has 18 heavy (non-hydrogen) atoms. The molecule has 1 fully saturated rings. The van der Waals surface area contributed by atoms with Crippen LogP contribution in [0.4, 0.5) is 0 Å². The third-order valence-electron chi connectivity index (χ3n) is 3.92. The van der Waals surface area contributed by atoms with Crippen LogP contribution in [0.3, 0.4) is 0 Å². The minimum absolute atomic E-state index is 0.0532. The highest BCUT2D eigenvalue weighted by molar-refractivity contribution is 4.91. The number of rotatable bonds is 9. The van der Waals surface area contributed by atoms with Gasteiger partial charge < -0.3 is 19.9 Å². The van der Waals surface area contributed by atoms with Gasteiger partial charge in [0.05, 0.1) is 13.2 Å². The Morgan fingerprint density at radius 1 is 1.22 bits per heavy atom. The van der Waals surface area contributed by atoms with Crippen LogP contribution in [0.2, 0.25) is 0 Å². The van der Waals surface area contributed by atoms with E-state index in [2.05, 4.69) is 12.2 Å². The fourth-order valence-corrected chi connectivity index (χ4v) is 2.50. The molecule has 108 valence electrons. The Morgan fingerprint density at radius 3 is 2.56 bits per heavy atom. The summed E-state index contributed by atoms with van der Waals surface area (Å²) >= 11 is 0. The summed E-state index contributed by atoms with van der Waals surface area (Å²) in [5.41, 5.74) is -0.0532. The van der Waals surface area contributed by atoms with Crippen molar-refractivity contribution in [1.29, 1.82) is 0 Å². The van der Waals surface area contributed by atoms with Crippen LogP contribution in [0.15, 0.2) is 0 Å². The first-order chi connectivity index (χ1) is 8.72. The van der Waals surface area contributed by atoms with Gasteiger partial charge in [0.1, 0.15) is 0 Å². The molecule has 0 unspecified atom stereocenters. The Bertz CT molecular complexity index is 203. The van der Waals surface area contributed by atoms with Crippen LogP contribution in [-0.2, 0) is 9.47 Å². The molecule has 2 N–H and O–H groups in total. The monoisotopic (exact) mass is 259 g/mol. The zero-order valence-corrected chi connectivity index (χ0v) is 11.9. The summed E-state index contributed by atoms with van der Waals surface area (Å²) in [7, 11) is 1.70. The molecule has 1 saturated carbocycles. The lowest BCUT2D eigenvalue weighted by Gasteiger charge is -2.39. The van der Waals surface area contributed by atoms with E-state index in [9.17, 15) is 5.11 Å². The Balaban J connectivity index is 2.08. The number of methoxy groups -OCH3 is 1. The van der Waals surface area contributed by atoms with Crippen LogP contribution in [0.25, 0.3) is 0 Å². The number of nitrogens with one attached hydrogen (secondary N) is 1. The van der Waals surface area contributed by atoms with Crippen molar-refractivity contribution in [2.24, 2.45) is 5.92 Å². The lowest BCUT2D eigenvalue weighted by Crippen LogP contribution is -2.51. The van der Waals surface area contributed by atoms with Crippen molar-refractivity contribution in [1.82, 2.24) is 5.32 Å². The van der Waals surface area contributed by atoms with Crippen molar-refractivity contribution in [3.05, 3.63) is 0 Å². The van der Waals surface area contributed by atoms with Crippen molar-refractivity contribution in [3.8, 4) is 0 Å². The molecule has 0 saturated heterocycles. The van der Waals surface area contributed by atoms with E-state index < -0.39 is 0 Å². The van der Waals surface area contributed by atoms with E-state index in [0.29, 0.717) is 6.61 Å². The van der Waals surface area contributed by atoms with Gasteiger partial charge in [-0.3, -0.25) is 0 Å². The van der Waals surface area contributed by atoms with E-state index in [4.69, 9.17) is 9.47 Å². The maximum atomic E-state index is 9.58. The number of hydrogen-bond acceptors (Lipinski definition) is 4. The van der Waals surface area contributed by atoms with Gasteiger partial charge in [0, 0.05) is 32.4 Å². The predicted octanol–water partition coefficient (Wildman–Crippen LogP) is 1.57. The van der Waals surface area contributed by atoms with Crippen molar-refractivity contribution < 1.29 is 14.6 Å². The number of ether oxygens (including phenoxy) is 2. The van der Waals surface area contributed by atoms with E-state index in [0.717, 1.165) is 44.9 Å². The molecule has 0 aromatic rings. The van der Waals surface area contributed by atoms with E-state index in [1.807, 2.05) is 0 Å². The fourth-order valence-electron chi connectivity index (χ4n) is 2.50. The Labute approximate surface area is 111 Å². The quantitative estimate of drug-likeness (QED) is 0.617. The summed E-state index contributed by atoms with van der Waals surface area (Å²) < 4.78 is 10.5. The molecule has 0 amide bonds. The zero-order chi connectivity index (χ0) is 13.3.